The van der Waals surface area contributed by atoms with Crippen LogP contribution in [-0.4, -0.2) is 35.6 Å². The van der Waals surface area contributed by atoms with Gasteiger partial charge in [0.25, 0.3) is 0 Å². The molecule has 0 rings (SSSR count). The van der Waals surface area contributed by atoms with Gasteiger partial charge < -0.3 is 9.64 Å². The van der Waals surface area contributed by atoms with Gasteiger partial charge in [0.1, 0.15) is 5.60 Å². The van der Waals surface area contributed by atoms with Crippen molar-refractivity contribution in [2.75, 3.05) is 14.1 Å². The lowest BCUT2D eigenvalue weighted by Gasteiger charge is -2.22. The second-order valence-electron chi connectivity index (χ2n) is 5.39. The maximum absolute atomic E-state index is 11.5. The number of hydrogen-bond acceptors (Lipinski definition) is 3. The fourth-order valence-corrected chi connectivity index (χ4v) is 1.51. The SMILES string of the molecule is CC(CC(=O)OC(C)(C)C)CC(=S)N(C)C. The summed E-state index contributed by atoms with van der Waals surface area (Å²) in [6.45, 7) is 7.64. The largest absolute Gasteiger partial charge is 0.460 e. The van der Waals surface area contributed by atoms with E-state index in [4.69, 9.17) is 17.0 Å². The number of esters is 1. The van der Waals surface area contributed by atoms with Crippen LogP contribution in [0.5, 0.6) is 0 Å². The maximum Gasteiger partial charge on any atom is 0.306 e. The molecule has 0 fully saturated rings. The van der Waals surface area contributed by atoms with E-state index in [0.717, 1.165) is 11.4 Å². The third kappa shape index (κ3) is 7.63. The van der Waals surface area contributed by atoms with Gasteiger partial charge in [-0.2, -0.15) is 0 Å². The molecule has 4 heteroatoms. The summed E-state index contributed by atoms with van der Waals surface area (Å²) < 4.78 is 5.25. The second-order valence-corrected chi connectivity index (χ2v) is 5.86. The molecule has 0 N–H and O–H groups in total. The number of nitrogens with zero attached hydrogens (tertiary/aromatic N) is 1. The van der Waals surface area contributed by atoms with Crippen molar-refractivity contribution < 1.29 is 9.53 Å². The summed E-state index contributed by atoms with van der Waals surface area (Å²) in [7, 11) is 3.84. The molecule has 0 aliphatic heterocycles. The Bertz CT molecular complexity index is 256. The lowest BCUT2D eigenvalue weighted by atomic mass is 10.0. The molecule has 0 saturated carbocycles. The molecular formula is C12H23NO2S. The minimum absolute atomic E-state index is 0.151. The lowest BCUT2D eigenvalue weighted by Crippen LogP contribution is -2.26. The Morgan fingerprint density at radius 1 is 1.31 bits per heavy atom. The first-order valence-electron chi connectivity index (χ1n) is 5.54. The highest BCUT2D eigenvalue weighted by Crippen LogP contribution is 2.14. The van der Waals surface area contributed by atoms with Gasteiger partial charge in [0.2, 0.25) is 0 Å². The minimum Gasteiger partial charge on any atom is -0.460 e. The fraction of sp³-hybridized carbons (Fsp3) is 0.833. The summed E-state index contributed by atoms with van der Waals surface area (Å²) in [6, 6.07) is 0. The summed E-state index contributed by atoms with van der Waals surface area (Å²) in [5.74, 6) is 0.0753. The lowest BCUT2D eigenvalue weighted by molar-refractivity contribution is -0.155. The Labute approximate surface area is 104 Å². The van der Waals surface area contributed by atoms with Crippen LogP contribution in [0.2, 0.25) is 0 Å². The van der Waals surface area contributed by atoms with Gasteiger partial charge in [-0.05, 0) is 26.7 Å². The first-order chi connectivity index (χ1) is 7.11. The average molecular weight is 245 g/mol. The van der Waals surface area contributed by atoms with Crippen LogP contribution in [0.1, 0.15) is 40.5 Å². The van der Waals surface area contributed by atoms with Crippen molar-refractivity contribution in [1.29, 1.82) is 0 Å². The molecule has 0 aliphatic carbocycles. The topological polar surface area (TPSA) is 29.5 Å². The van der Waals surface area contributed by atoms with E-state index in [1.807, 2.05) is 46.7 Å². The summed E-state index contributed by atoms with van der Waals surface area (Å²) in [6.07, 6.45) is 1.17. The van der Waals surface area contributed by atoms with Gasteiger partial charge in [-0.15, -0.1) is 0 Å². The molecule has 16 heavy (non-hydrogen) atoms. The third-order valence-electron chi connectivity index (χ3n) is 1.96. The highest BCUT2D eigenvalue weighted by Gasteiger charge is 2.19. The van der Waals surface area contributed by atoms with E-state index in [9.17, 15) is 4.79 Å². The Balaban J connectivity index is 4.01. The molecule has 0 bridgehead atoms. The molecule has 1 atom stereocenters. The second kappa shape index (κ2) is 6.18. The number of hydrogen-bond donors (Lipinski definition) is 0. The van der Waals surface area contributed by atoms with E-state index in [-0.39, 0.29) is 11.9 Å². The average Bonchev–Trinajstić information content (AvgIpc) is 1.98. The number of carbonyl (C=O) groups excluding carboxylic acids is 1. The summed E-state index contributed by atoms with van der Waals surface area (Å²) in [5, 5.41) is 0. The molecule has 0 aromatic carbocycles. The van der Waals surface area contributed by atoms with Crippen molar-refractivity contribution in [1.82, 2.24) is 4.90 Å². The molecule has 0 heterocycles. The fourth-order valence-electron chi connectivity index (χ4n) is 1.22. The summed E-state index contributed by atoms with van der Waals surface area (Å²) >= 11 is 5.19. The van der Waals surface area contributed by atoms with E-state index >= 15 is 0 Å². The zero-order valence-corrected chi connectivity index (χ0v) is 12.0. The molecule has 0 aliphatic rings. The molecule has 0 amide bonds. The van der Waals surface area contributed by atoms with Crippen LogP contribution < -0.4 is 0 Å². The van der Waals surface area contributed by atoms with E-state index < -0.39 is 5.60 Å². The van der Waals surface area contributed by atoms with Gasteiger partial charge in [-0.3, -0.25) is 4.79 Å². The van der Waals surface area contributed by atoms with Crippen LogP contribution in [0, 0.1) is 5.92 Å². The molecule has 94 valence electrons. The standard InChI is InChI=1S/C12H23NO2S/c1-9(7-10(16)13(5)6)8-11(14)15-12(2,3)4/h9H,7-8H2,1-6H3. The van der Waals surface area contributed by atoms with E-state index in [1.54, 1.807) is 0 Å². The zero-order chi connectivity index (χ0) is 12.9. The van der Waals surface area contributed by atoms with Crippen molar-refractivity contribution in [3.05, 3.63) is 0 Å². The quantitative estimate of drug-likeness (QED) is 0.562. The molecule has 0 spiro atoms. The van der Waals surface area contributed by atoms with Gasteiger partial charge in [0.05, 0.1) is 4.99 Å². The molecule has 0 saturated heterocycles. The molecule has 1 unspecified atom stereocenters. The molecule has 0 aromatic heterocycles. The van der Waals surface area contributed by atoms with Gasteiger partial charge in [0.15, 0.2) is 0 Å². The zero-order valence-electron chi connectivity index (χ0n) is 11.2. The normalized spacial score (nSPS) is 13.1. The number of rotatable bonds is 4. The van der Waals surface area contributed by atoms with Crippen LogP contribution in [0.25, 0.3) is 0 Å². The van der Waals surface area contributed by atoms with Gasteiger partial charge >= 0.3 is 5.97 Å². The predicted octanol–water partition coefficient (Wildman–Crippen LogP) is 2.63. The van der Waals surface area contributed by atoms with Gasteiger partial charge in [-0.25, -0.2) is 0 Å². The van der Waals surface area contributed by atoms with Crippen molar-refractivity contribution in [2.24, 2.45) is 5.92 Å². The first kappa shape index (κ1) is 15.4. The first-order valence-corrected chi connectivity index (χ1v) is 5.94. The van der Waals surface area contributed by atoms with E-state index in [0.29, 0.717) is 6.42 Å². The number of ether oxygens (including phenoxy) is 1. The van der Waals surface area contributed by atoms with E-state index in [2.05, 4.69) is 0 Å². The Morgan fingerprint density at radius 3 is 2.19 bits per heavy atom. The molecule has 0 radical (unpaired) electrons. The van der Waals surface area contributed by atoms with Crippen molar-refractivity contribution in [3.63, 3.8) is 0 Å². The number of thiocarbonyl (C=S) groups is 1. The highest BCUT2D eigenvalue weighted by atomic mass is 32.1. The van der Waals surface area contributed by atoms with Crippen molar-refractivity contribution >= 4 is 23.2 Å². The van der Waals surface area contributed by atoms with Crippen LogP contribution in [-0.2, 0) is 9.53 Å². The van der Waals surface area contributed by atoms with Crippen molar-refractivity contribution in [3.8, 4) is 0 Å². The highest BCUT2D eigenvalue weighted by molar-refractivity contribution is 7.80. The molecular weight excluding hydrogens is 222 g/mol. The Morgan fingerprint density at radius 2 is 1.81 bits per heavy atom. The van der Waals surface area contributed by atoms with Crippen LogP contribution in [0.4, 0.5) is 0 Å². The smallest absolute Gasteiger partial charge is 0.306 e. The number of carbonyl (C=O) groups is 1. The van der Waals surface area contributed by atoms with Gasteiger partial charge in [-0.1, -0.05) is 19.1 Å². The third-order valence-corrected chi connectivity index (χ3v) is 2.49. The predicted molar refractivity (Wildman–Crippen MR) is 70.5 cm³/mol. The van der Waals surface area contributed by atoms with Crippen LogP contribution in [0.15, 0.2) is 0 Å². The monoisotopic (exact) mass is 245 g/mol. The Hall–Kier alpha value is -0.640. The van der Waals surface area contributed by atoms with Crippen LogP contribution >= 0.6 is 12.2 Å². The van der Waals surface area contributed by atoms with E-state index in [1.165, 1.54) is 0 Å². The summed E-state index contributed by atoms with van der Waals surface area (Å²) in [4.78, 5) is 14.3. The molecule has 0 aromatic rings. The van der Waals surface area contributed by atoms with Gasteiger partial charge in [0, 0.05) is 26.9 Å². The minimum atomic E-state index is -0.404. The summed E-state index contributed by atoms with van der Waals surface area (Å²) in [5.41, 5.74) is -0.404. The van der Waals surface area contributed by atoms with Crippen molar-refractivity contribution in [2.45, 2.75) is 46.1 Å². The maximum atomic E-state index is 11.5. The van der Waals surface area contributed by atoms with Crippen LogP contribution in [0.3, 0.4) is 0 Å². The molecule has 3 nitrogen and oxygen atoms in total. The Kier molecular flexibility index (Phi) is 5.94.